The maximum atomic E-state index is 9.63. The molecule has 2 aliphatic rings. The van der Waals surface area contributed by atoms with Gasteiger partial charge in [-0.1, -0.05) is 12.8 Å². The maximum absolute atomic E-state index is 9.63. The maximum Gasteiger partial charge on any atom is 0.130 e. The van der Waals surface area contributed by atoms with Gasteiger partial charge in [0.25, 0.3) is 0 Å². The van der Waals surface area contributed by atoms with Crippen molar-refractivity contribution in [3.8, 4) is 6.07 Å². The van der Waals surface area contributed by atoms with Gasteiger partial charge in [-0.25, -0.2) is 4.98 Å². The molecule has 3 aromatic rings. The molecule has 0 spiro atoms. The Labute approximate surface area is 174 Å². The van der Waals surface area contributed by atoms with Gasteiger partial charge in [0.15, 0.2) is 0 Å². The molecule has 3 heterocycles. The van der Waals surface area contributed by atoms with Crippen LogP contribution in [0.1, 0.15) is 42.0 Å². The molecule has 0 atom stereocenters. The van der Waals surface area contributed by atoms with Crippen LogP contribution in [0.5, 0.6) is 0 Å². The second-order valence-electron chi connectivity index (χ2n) is 7.78. The van der Waals surface area contributed by atoms with E-state index in [2.05, 4.69) is 51.6 Å². The number of ether oxygens (including phenoxy) is 1. The SMILES string of the molecule is N#Cc1sc2cnc(Nc3ccc(N4CCOCC4)cc3)cc2c1C1CCCC1. The summed E-state index contributed by atoms with van der Waals surface area (Å²) >= 11 is 1.58. The number of hydrogen-bond donors (Lipinski definition) is 1. The highest BCUT2D eigenvalue weighted by Crippen LogP contribution is 2.43. The predicted molar refractivity (Wildman–Crippen MR) is 118 cm³/mol. The summed E-state index contributed by atoms with van der Waals surface area (Å²) in [6.45, 7) is 3.46. The Bertz CT molecular complexity index is 1040. The van der Waals surface area contributed by atoms with Crippen LogP contribution in [0.4, 0.5) is 17.2 Å². The van der Waals surface area contributed by atoms with E-state index in [0.29, 0.717) is 5.92 Å². The van der Waals surface area contributed by atoms with Crippen molar-refractivity contribution in [2.75, 3.05) is 36.5 Å². The molecule has 5 nitrogen and oxygen atoms in total. The number of thiophene rings is 1. The molecular formula is C23H24N4OS. The van der Waals surface area contributed by atoms with Crippen molar-refractivity contribution in [3.05, 3.63) is 47.0 Å². The fourth-order valence-electron chi connectivity index (χ4n) is 4.52. The van der Waals surface area contributed by atoms with E-state index in [0.717, 1.165) is 47.4 Å². The Balaban J connectivity index is 1.40. The second kappa shape index (κ2) is 8.02. The lowest BCUT2D eigenvalue weighted by atomic mass is 9.95. The average molecular weight is 405 g/mol. The van der Waals surface area contributed by atoms with Gasteiger partial charge in [0, 0.05) is 36.0 Å². The molecule has 2 aromatic heterocycles. The van der Waals surface area contributed by atoms with Gasteiger partial charge in [-0.3, -0.25) is 0 Å². The van der Waals surface area contributed by atoms with Crippen LogP contribution in [0.3, 0.4) is 0 Å². The summed E-state index contributed by atoms with van der Waals surface area (Å²) in [4.78, 5) is 7.80. The van der Waals surface area contributed by atoms with Gasteiger partial charge < -0.3 is 15.0 Å². The van der Waals surface area contributed by atoms with Gasteiger partial charge in [0.2, 0.25) is 0 Å². The zero-order valence-corrected chi connectivity index (χ0v) is 17.2. The lowest BCUT2D eigenvalue weighted by Crippen LogP contribution is -2.36. The van der Waals surface area contributed by atoms with Crippen molar-refractivity contribution in [2.24, 2.45) is 0 Å². The first-order valence-corrected chi connectivity index (χ1v) is 11.2. The molecule has 1 aliphatic carbocycles. The van der Waals surface area contributed by atoms with Crippen LogP contribution in [0.15, 0.2) is 36.5 Å². The monoisotopic (exact) mass is 404 g/mol. The van der Waals surface area contributed by atoms with E-state index < -0.39 is 0 Å². The second-order valence-corrected chi connectivity index (χ2v) is 8.83. The van der Waals surface area contributed by atoms with Crippen molar-refractivity contribution in [1.82, 2.24) is 4.98 Å². The Morgan fingerprint density at radius 1 is 1.14 bits per heavy atom. The Kier molecular flexibility index (Phi) is 5.09. The van der Waals surface area contributed by atoms with E-state index in [4.69, 9.17) is 4.74 Å². The predicted octanol–water partition coefficient (Wildman–Crippen LogP) is 5.41. The Morgan fingerprint density at radius 3 is 2.62 bits per heavy atom. The molecular weight excluding hydrogens is 380 g/mol. The molecule has 29 heavy (non-hydrogen) atoms. The van der Waals surface area contributed by atoms with Crippen molar-refractivity contribution >= 4 is 38.6 Å². The van der Waals surface area contributed by atoms with Gasteiger partial charge in [0.1, 0.15) is 16.8 Å². The number of pyridine rings is 1. The number of nitrogens with one attached hydrogen (secondary N) is 1. The van der Waals surface area contributed by atoms with Crippen LogP contribution in [0.25, 0.3) is 10.1 Å². The van der Waals surface area contributed by atoms with Crippen molar-refractivity contribution in [2.45, 2.75) is 31.6 Å². The molecule has 1 N–H and O–H groups in total. The summed E-state index contributed by atoms with van der Waals surface area (Å²) in [6.07, 6.45) is 6.81. The standard InChI is InChI=1S/C23H24N4OS/c24-14-20-23(16-3-1-2-4-16)19-13-22(25-15-21(19)29-20)26-17-5-7-18(8-6-17)27-9-11-28-12-10-27/h5-8,13,15-16H,1-4,9-12H2,(H,25,26). The molecule has 1 saturated carbocycles. The number of aromatic nitrogens is 1. The van der Waals surface area contributed by atoms with Gasteiger partial charge >= 0.3 is 0 Å². The number of anilines is 3. The smallest absolute Gasteiger partial charge is 0.130 e. The highest BCUT2D eigenvalue weighted by Gasteiger charge is 2.24. The number of nitriles is 1. The van der Waals surface area contributed by atoms with Gasteiger partial charge in [-0.15, -0.1) is 11.3 Å². The van der Waals surface area contributed by atoms with Crippen LogP contribution in [0.2, 0.25) is 0 Å². The topological polar surface area (TPSA) is 61.2 Å². The zero-order valence-electron chi connectivity index (χ0n) is 16.4. The number of hydrogen-bond acceptors (Lipinski definition) is 6. The molecule has 5 rings (SSSR count). The largest absolute Gasteiger partial charge is 0.378 e. The lowest BCUT2D eigenvalue weighted by molar-refractivity contribution is 0.122. The van der Waals surface area contributed by atoms with Crippen molar-refractivity contribution in [1.29, 1.82) is 5.26 Å². The first-order chi connectivity index (χ1) is 14.3. The summed E-state index contributed by atoms with van der Waals surface area (Å²) in [5, 5.41) is 14.3. The van der Waals surface area contributed by atoms with Gasteiger partial charge in [0.05, 0.1) is 17.9 Å². The molecule has 6 heteroatoms. The Hall–Kier alpha value is -2.62. The normalized spacial score (nSPS) is 17.6. The average Bonchev–Trinajstić information content (AvgIpc) is 3.42. The summed E-state index contributed by atoms with van der Waals surface area (Å²) in [7, 11) is 0. The molecule has 1 saturated heterocycles. The quantitative estimate of drug-likeness (QED) is 0.630. The van der Waals surface area contributed by atoms with E-state index in [1.54, 1.807) is 11.3 Å². The summed E-state index contributed by atoms with van der Waals surface area (Å²) in [5.41, 5.74) is 3.49. The molecule has 0 unspecified atom stereocenters. The van der Waals surface area contributed by atoms with E-state index >= 15 is 0 Å². The van der Waals surface area contributed by atoms with Crippen LogP contribution < -0.4 is 10.2 Å². The van der Waals surface area contributed by atoms with Gasteiger partial charge in [-0.2, -0.15) is 5.26 Å². The van der Waals surface area contributed by atoms with E-state index in [1.165, 1.54) is 42.3 Å². The van der Waals surface area contributed by atoms with Crippen LogP contribution >= 0.6 is 11.3 Å². The summed E-state index contributed by atoms with van der Waals surface area (Å²) < 4.78 is 6.54. The number of rotatable bonds is 4. The molecule has 2 fully saturated rings. The number of morpholine rings is 1. The summed E-state index contributed by atoms with van der Waals surface area (Å²) in [5.74, 6) is 1.35. The minimum atomic E-state index is 0.515. The fourth-order valence-corrected chi connectivity index (χ4v) is 5.55. The molecule has 0 bridgehead atoms. The molecule has 1 aliphatic heterocycles. The summed E-state index contributed by atoms with van der Waals surface area (Å²) in [6, 6.07) is 13.0. The van der Waals surface area contributed by atoms with Crippen LogP contribution in [-0.2, 0) is 4.74 Å². The van der Waals surface area contributed by atoms with Crippen LogP contribution in [-0.4, -0.2) is 31.3 Å². The molecule has 0 radical (unpaired) electrons. The first-order valence-electron chi connectivity index (χ1n) is 10.3. The van der Waals surface area contributed by atoms with E-state index in [-0.39, 0.29) is 0 Å². The zero-order chi connectivity index (χ0) is 19.6. The van der Waals surface area contributed by atoms with Crippen molar-refractivity contribution in [3.63, 3.8) is 0 Å². The fraction of sp³-hybridized carbons (Fsp3) is 0.391. The highest BCUT2D eigenvalue weighted by molar-refractivity contribution is 7.19. The number of nitrogens with zero attached hydrogens (tertiary/aromatic N) is 3. The molecule has 1 aromatic carbocycles. The van der Waals surface area contributed by atoms with E-state index in [9.17, 15) is 5.26 Å². The van der Waals surface area contributed by atoms with E-state index in [1.807, 2.05) is 6.20 Å². The van der Waals surface area contributed by atoms with Gasteiger partial charge in [-0.05, 0) is 54.7 Å². The number of fused-ring (bicyclic) bond motifs is 1. The molecule has 148 valence electrons. The van der Waals surface area contributed by atoms with Crippen LogP contribution in [0, 0.1) is 11.3 Å². The molecule has 0 amide bonds. The first kappa shape index (κ1) is 18.4. The van der Waals surface area contributed by atoms with Crippen molar-refractivity contribution < 1.29 is 4.74 Å². The number of benzene rings is 1. The lowest BCUT2D eigenvalue weighted by Gasteiger charge is -2.28. The Morgan fingerprint density at radius 2 is 1.90 bits per heavy atom. The third-order valence-corrected chi connectivity index (χ3v) is 7.06. The highest BCUT2D eigenvalue weighted by atomic mass is 32.1. The minimum Gasteiger partial charge on any atom is -0.378 e. The third-order valence-electron chi connectivity index (χ3n) is 6.00. The third kappa shape index (κ3) is 3.68. The minimum absolute atomic E-state index is 0.515.